The minimum Gasteiger partial charge on any atom is -0.372 e. The van der Waals surface area contributed by atoms with Gasteiger partial charge in [-0.25, -0.2) is 10.0 Å². The second-order valence-corrected chi connectivity index (χ2v) is 5.51. The fourth-order valence-electron chi connectivity index (χ4n) is 2.47. The van der Waals surface area contributed by atoms with Crippen molar-refractivity contribution >= 4 is 5.91 Å². The van der Waals surface area contributed by atoms with Crippen molar-refractivity contribution in [3.8, 4) is 0 Å². The molecule has 0 spiro atoms. The number of aliphatic hydroxyl groups excluding tert-OH is 1. The first-order valence-electron chi connectivity index (χ1n) is 6.81. The molecular formula is C15H22N2O2. The molecule has 1 aliphatic rings. The number of hydrazine groups is 1. The lowest BCUT2D eigenvalue weighted by atomic mass is 10.1. The molecule has 1 heterocycles. The van der Waals surface area contributed by atoms with Crippen LogP contribution in [0.3, 0.4) is 0 Å². The molecule has 1 fully saturated rings. The largest absolute Gasteiger partial charge is 0.372 e. The maximum Gasteiger partial charge on any atom is 0.243 e. The molecule has 104 valence electrons. The van der Waals surface area contributed by atoms with Gasteiger partial charge >= 0.3 is 0 Å². The first kappa shape index (κ1) is 14.0. The molecule has 1 amide bonds. The molecule has 19 heavy (non-hydrogen) atoms. The van der Waals surface area contributed by atoms with E-state index in [2.05, 4.69) is 0 Å². The monoisotopic (exact) mass is 262 g/mol. The highest BCUT2D eigenvalue weighted by Gasteiger charge is 2.40. The molecule has 0 unspecified atom stereocenters. The minimum absolute atomic E-state index is 0.0447. The van der Waals surface area contributed by atoms with E-state index in [1.165, 1.54) is 5.01 Å². The molecular weight excluding hydrogens is 240 g/mol. The molecule has 4 heteroatoms. The van der Waals surface area contributed by atoms with E-state index in [0.29, 0.717) is 6.42 Å². The summed E-state index contributed by atoms with van der Waals surface area (Å²) in [4.78, 5) is 12.4. The fraction of sp³-hybridized carbons (Fsp3) is 0.533. The molecule has 4 nitrogen and oxygen atoms in total. The Bertz CT molecular complexity index is 433. The first-order chi connectivity index (χ1) is 9.00. The van der Waals surface area contributed by atoms with Crippen molar-refractivity contribution in [1.29, 1.82) is 0 Å². The number of carbonyl (C=O) groups is 1. The van der Waals surface area contributed by atoms with Crippen LogP contribution in [-0.4, -0.2) is 39.8 Å². The molecule has 1 aliphatic heterocycles. The summed E-state index contributed by atoms with van der Waals surface area (Å²) in [5.41, 5.74) is 0.975. The summed E-state index contributed by atoms with van der Waals surface area (Å²) in [6.07, 6.45) is -0.382. The number of rotatable bonds is 3. The summed E-state index contributed by atoms with van der Waals surface area (Å²) in [7, 11) is 0. The normalized spacial score (nSPS) is 24.2. The third kappa shape index (κ3) is 2.96. The van der Waals surface area contributed by atoms with Gasteiger partial charge in [-0.15, -0.1) is 0 Å². The van der Waals surface area contributed by atoms with Crippen LogP contribution in [0.25, 0.3) is 0 Å². The van der Waals surface area contributed by atoms with E-state index >= 15 is 0 Å². The second kappa shape index (κ2) is 5.72. The molecule has 1 N–H and O–H groups in total. The van der Waals surface area contributed by atoms with Gasteiger partial charge in [0.25, 0.3) is 0 Å². The Kier molecular flexibility index (Phi) is 4.22. The highest BCUT2D eigenvalue weighted by Crippen LogP contribution is 2.25. The molecule has 0 bridgehead atoms. The van der Waals surface area contributed by atoms with Crippen LogP contribution in [0.1, 0.15) is 26.3 Å². The molecule has 0 saturated carbocycles. The Morgan fingerprint density at radius 3 is 2.58 bits per heavy atom. The van der Waals surface area contributed by atoms with Gasteiger partial charge < -0.3 is 5.11 Å². The molecule has 2 rings (SSSR count). The summed E-state index contributed by atoms with van der Waals surface area (Å²) >= 11 is 0. The standard InChI is InChI=1S/C15H22N2O2/c1-11(2)16-10-12(3)15(19)17(16)14(18)9-13-7-5-4-6-8-13/h4-8,11-12,15,19H,9-10H2,1-3H3/t12-,15-/m0/s1. The number of hydrogen-bond acceptors (Lipinski definition) is 3. The van der Waals surface area contributed by atoms with Crippen LogP contribution in [0.15, 0.2) is 30.3 Å². The minimum atomic E-state index is -0.710. The highest BCUT2D eigenvalue weighted by molar-refractivity contribution is 5.78. The van der Waals surface area contributed by atoms with Gasteiger partial charge in [0.1, 0.15) is 6.23 Å². The average molecular weight is 262 g/mol. The van der Waals surface area contributed by atoms with Crippen molar-refractivity contribution in [3.63, 3.8) is 0 Å². The quantitative estimate of drug-likeness (QED) is 0.901. The Hall–Kier alpha value is -1.39. The van der Waals surface area contributed by atoms with Gasteiger partial charge in [0.15, 0.2) is 0 Å². The number of nitrogens with zero attached hydrogens (tertiary/aromatic N) is 2. The van der Waals surface area contributed by atoms with Crippen LogP contribution in [0.4, 0.5) is 0 Å². The third-order valence-electron chi connectivity index (χ3n) is 3.56. The van der Waals surface area contributed by atoms with Crippen LogP contribution in [-0.2, 0) is 11.2 Å². The van der Waals surface area contributed by atoms with Crippen molar-refractivity contribution in [3.05, 3.63) is 35.9 Å². The highest BCUT2D eigenvalue weighted by atomic mass is 16.3. The van der Waals surface area contributed by atoms with Gasteiger partial charge in [-0.05, 0) is 19.4 Å². The first-order valence-corrected chi connectivity index (χ1v) is 6.81. The summed E-state index contributed by atoms with van der Waals surface area (Å²) in [5, 5.41) is 13.7. The summed E-state index contributed by atoms with van der Waals surface area (Å²) in [6.45, 7) is 6.76. The number of aliphatic hydroxyl groups is 1. The zero-order valence-corrected chi connectivity index (χ0v) is 11.8. The summed E-state index contributed by atoms with van der Waals surface area (Å²) in [5.74, 6) is 0.0406. The van der Waals surface area contributed by atoms with E-state index in [1.54, 1.807) is 0 Å². The Balaban J connectivity index is 2.12. The van der Waals surface area contributed by atoms with E-state index in [9.17, 15) is 9.90 Å². The maximum atomic E-state index is 12.4. The van der Waals surface area contributed by atoms with Crippen molar-refractivity contribution < 1.29 is 9.90 Å². The topological polar surface area (TPSA) is 43.8 Å². The number of benzene rings is 1. The number of hydrogen-bond donors (Lipinski definition) is 1. The molecule has 0 aromatic heterocycles. The zero-order chi connectivity index (χ0) is 14.0. The van der Waals surface area contributed by atoms with Crippen molar-refractivity contribution in [2.75, 3.05) is 6.54 Å². The van der Waals surface area contributed by atoms with E-state index < -0.39 is 6.23 Å². The van der Waals surface area contributed by atoms with E-state index in [4.69, 9.17) is 0 Å². The number of carbonyl (C=O) groups excluding carboxylic acids is 1. The van der Waals surface area contributed by atoms with Crippen LogP contribution in [0.5, 0.6) is 0 Å². The Morgan fingerprint density at radius 1 is 1.37 bits per heavy atom. The smallest absolute Gasteiger partial charge is 0.243 e. The van der Waals surface area contributed by atoms with E-state index in [0.717, 1.165) is 12.1 Å². The Morgan fingerprint density at radius 2 is 2.00 bits per heavy atom. The molecule has 0 radical (unpaired) electrons. The molecule has 1 saturated heterocycles. The van der Waals surface area contributed by atoms with Crippen molar-refractivity contribution in [1.82, 2.24) is 10.0 Å². The lowest BCUT2D eigenvalue weighted by molar-refractivity contribution is -0.164. The zero-order valence-electron chi connectivity index (χ0n) is 11.8. The van der Waals surface area contributed by atoms with Crippen LogP contribution in [0, 0.1) is 5.92 Å². The van der Waals surface area contributed by atoms with Crippen molar-refractivity contribution in [2.24, 2.45) is 5.92 Å². The van der Waals surface area contributed by atoms with E-state index in [-0.39, 0.29) is 17.9 Å². The van der Waals surface area contributed by atoms with Crippen LogP contribution in [0.2, 0.25) is 0 Å². The van der Waals surface area contributed by atoms with Gasteiger partial charge in [0.05, 0.1) is 6.42 Å². The van der Waals surface area contributed by atoms with Gasteiger partial charge in [0, 0.05) is 18.5 Å². The number of amides is 1. The Labute approximate surface area is 114 Å². The van der Waals surface area contributed by atoms with E-state index in [1.807, 2.05) is 56.1 Å². The summed E-state index contributed by atoms with van der Waals surface area (Å²) < 4.78 is 0. The molecule has 0 aliphatic carbocycles. The predicted molar refractivity (Wildman–Crippen MR) is 74.0 cm³/mol. The molecule has 1 aromatic carbocycles. The fourth-order valence-corrected chi connectivity index (χ4v) is 2.47. The van der Waals surface area contributed by atoms with Gasteiger partial charge in [0.2, 0.25) is 5.91 Å². The predicted octanol–water partition coefficient (Wildman–Crippen LogP) is 1.65. The molecule has 2 atom stereocenters. The van der Waals surface area contributed by atoms with Gasteiger partial charge in [-0.3, -0.25) is 4.79 Å². The second-order valence-electron chi connectivity index (χ2n) is 5.51. The SMILES string of the molecule is CC(C)N1C[C@H](C)[C@H](O)N1C(=O)Cc1ccccc1. The van der Waals surface area contributed by atoms with Crippen molar-refractivity contribution in [2.45, 2.75) is 39.5 Å². The summed E-state index contributed by atoms with van der Waals surface area (Å²) in [6, 6.07) is 9.85. The van der Waals surface area contributed by atoms with Crippen LogP contribution >= 0.6 is 0 Å². The third-order valence-corrected chi connectivity index (χ3v) is 3.56. The lowest BCUT2D eigenvalue weighted by Crippen LogP contribution is -2.49. The molecule has 1 aromatic rings. The van der Waals surface area contributed by atoms with Gasteiger partial charge in [-0.2, -0.15) is 0 Å². The average Bonchev–Trinajstić information content (AvgIpc) is 2.67. The maximum absolute atomic E-state index is 12.4. The van der Waals surface area contributed by atoms with Gasteiger partial charge in [-0.1, -0.05) is 37.3 Å². The lowest BCUT2D eigenvalue weighted by Gasteiger charge is -2.33. The van der Waals surface area contributed by atoms with Crippen LogP contribution < -0.4 is 0 Å².